The molecule has 2 aromatic rings. The molecular weight excluding hydrogens is 348 g/mol. The Morgan fingerprint density at radius 3 is 2.76 bits per heavy atom. The number of nitrogens with zero attached hydrogens (tertiary/aromatic N) is 1. The standard InChI is InChI=1S/C17H20BrClN2/c1-3-6-21-17(14-7-12(2)10-20-11-14)8-13-4-5-15(18)9-16(13)19/h4-5,7,9-11,17,21H,3,6,8H2,1-2H3. The van der Waals surface area contributed by atoms with Gasteiger partial charge < -0.3 is 5.32 Å². The number of aryl methyl sites for hydroxylation is 1. The largest absolute Gasteiger partial charge is 0.310 e. The number of hydrogen-bond donors (Lipinski definition) is 1. The van der Waals surface area contributed by atoms with E-state index >= 15 is 0 Å². The zero-order chi connectivity index (χ0) is 15.2. The first-order chi connectivity index (χ1) is 10.1. The van der Waals surface area contributed by atoms with Gasteiger partial charge in [-0.05, 0) is 55.1 Å². The van der Waals surface area contributed by atoms with Crippen molar-refractivity contribution in [3.05, 3.63) is 62.8 Å². The molecular formula is C17H20BrClN2. The van der Waals surface area contributed by atoms with Gasteiger partial charge in [0.15, 0.2) is 0 Å². The van der Waals surface area contributed by atoms with E-state index in [1.54, 1.807) is 0 Å². The lowest BCUT2D eigenvalue weighted by Gasteiger charge is -2.20. The van der Waals surface area contributed by atoms with Crippen LogP contribution in [0, 0.1) is 6.92 Å². The summed E-state index contributed by atoms with van der Waals surface area (Å²) in [5.41, 5.74) is 3.54. The van der Waals surface area contributed by atoms with E-state index in [4.69, 9.17) is 11.6 Å². The van der Waals surface area contributed by atoms with Crippen molar-refractivity contribution >= 4 is 27.5 Å². The molecule has 21 heavy (non-hydrogen) atoms. The van der Waals surface area contributed by atoms with E-state index in [9.17, 15) is 0 Å². The molecule has 0 radical (unpaired) electrons. The third-order valence-electron chi connectivity index (χ3n) is 3.38. The maximum Gasteiger partial charge on any atom is 0.0449 e. The molecule has 0 aliphatic rings. The summed E-state index contributed by atoms with van der Waals surface area (Å²) >= 11 is 9.80. The van der Waals surface area contributed by atoms with Crippen LogP contribution in [0.3, 0.4) is 0 Å². The maximum absolute atomic E-state index is 6.35. The Morgan fingerprint density at radius 1 is 1.29 bits per heavy atom. The van der Waals surface area contributed by atoms with Gasteiger partial charge in [-0.2, -0.15) is 0 Å². The summed E-state index contributed by atoms with van der Waals surface area (Å²) in [4.78, 5) is 4.31. The van der Waals surface area contributed by atoms with Crippen molar-refractivity contribution in [2.45, 2.75) is 32.7 Å². The summed E-state index contributed by atoms with van der Waals surface area (Å²) in [5, 5.41) is 4.39. The molecule has 0 aliphatic carbocycles. The number of benzene rings is 1. The first-order valence-corrected chi connectivity index (χ1v) is 8.36. The van der Waals surface area contributed by atoms with Gasteiger partial charge in [-0.3, -0.25) is 4.98 Å². The number of halogens is 2. The van der Waals surface area contributed by atoms with Crippen molar-refractivity contribution < 1.29 is 0 Å². The smallest absolute Gasteiger partial charge is 0.0449 e. The fourth-order valence-electron chi connectivity index (χ4n) is 2.30. The van der Waals surface area contributed by atoms with E-state index in [2.05, 4.69) is 52.2 Å². The highest BCUT2D eigenvalue weighted by atomic mass is 79.9. The van der Waals surface area contributed by atoms with Crippen LogP contribution in [0.15, 0.2) is 41.1 Å². The molecule has 1 aromatic heterocycles. The van der Waals surface area contributed by atoms with Crippen molar-refractivity contribution in [2.24, 2.45) is 0 Å². The van der Waals surface area contributed by atoms with Crippen molar-refractivity contribution in [1.82, 2.24) is 10.3 Å². The monoisotopic (exact) mass is 366 g/mol. The summed E-state index contributed by atoms with van der Waals surface area (Å²) in [6, 6.07) is 8.48. The van der Waals surface area contributed by atoms with Gasteiger partial charge in [0.1, 0.15) is 0 Å². The quantitative estimate of drug-likeness (QED) is 0.769. The second kappa shape index (κ2) is 7.92. The van der Waals surface area contributed by atoms with Crippen LogP contribution in [-0.2, 0) is 6.42 Å². The Labute approximate surface area is 140 Å². The lowest BCUT2D eigenvalue weighted by atomic mass is 9.99. The van der Waals surface area contributed by atoms with E-state index in [1.165, 1.54) is 11.1 Å². The van der Waals surface area contributed by atoms with Gasteiger partial charge in [0, 0.05) is 27.9 Å². The number of nitrogens with one attached hydrogen (secondary N) is 1. The molecule has 0 saturated carbocycles. The minimum Gasteiger partial charge on any atom is -0.310 e. The van der Waals surface area contributed by atoms with Gasteiger partial charge in [-0.15, -0.1) is 0 Å². The number of pyridine rings is 1. The van der Waals surface area contributed by atoms with Crippen molar-refractivity contribution in [3.63, 3.8) is 0 Å². The average molecular weight is 368 g/mol. The van der Waals surface area contributed by atoms with E-state index in [0.717, 1.165) is 34.4 Å². The summed E-state index contributed by atoms with van der Waals surface area (Å²) in [6.07, 6.45) is 5.78. The Balaban J connectivity index is 2.23. The van der Waals surface area contributed by atoms with Crippen LogP contribution in [0.4, 0.5) is 0 Å². The molecule has 4 heteroatoms. The molecule has 112 valence electrons. The van der Waals surface area contributed by atoms with Gasteiger partial charge >= 0.3 is 0 Å². The van der Waals surface area contributed by atoms with Crippen molar-refractivity contribution in [1.29, 1.82) is 0 Å². The zero-order valence-corrected chi connectivity index (χ0v) is 14.7. The predicted molar refractivity (Wildman–Crippen MR) is 92.9 cm³/mol. The maximum atomic E-state index is 6.35. The summed E-state index contributed by atoms with van der Waals surface area (Å²) < 4.78 is 1.01. The van der Waals surface area contributed by atoms with E-state index < -0.39 is 0 Å². The van der Waals surface area contributed by atoms with Gasteiger partial charge in [0.2, 0.25) is 0 Å². The molecule has 0 aliphatic heterocycles. The van der Waals surface area contributed by atoms with Crippen molar-refractivity contribution in [2.75, 3.05) is 6.54 Å². The highest BCUT2D eigenvalue weighted by Gasteiger charge is 2.14. The van der Waals surface area contributed by atoms with E-state index in [-0.39, 0.29) is 6.04 Å². The minimum absolute atomic E-state index is 0.232. The molecule has 2 rings (SSSR count). The summed E-state index contributed by atoms with van der Waals surface area (Å²) in [7, 11) is 0. The van der Waals surface area contributed by atoms with Crippen LogP contribution in [0.25, 0.3) is 0 Å². The molecule has 0 bridgehead atoms. The van der Waals surface area contributed by atoms with Crippen LogP contribution < -0.4 is 5.32 Å². The van der Waals surface area contributed by atoms with Crippen LogP contribution in [-0.4, -0.2) is 11.5 Å². The lowest BCUT2D eigenvalue weighted by Crippen LogP contribution is -2.24. The number of hydrogen-bond acceptors (Lipinski definition) is 2. The van der Waals surface area contributed by atoms with E-state index in [0.29, 0.717) is 0 Å². The molecule has 1 heterocycles. The topological polar surface area (TPSA) is 24.9 Å². The Bertz CT molecular complexity index is 601. The third kappa shape index (κ3) is 4.80. The number of aromatic nitrogens is 1. The molecule has 2 nitrogen and oxygen atoms in total. The SMILES string of the molecule is CCCNC(Cc1ccc(Br)cc1Cl)c1cncc(C)c1. The van der Waals surface area contributed by atoms with Gasteiger partial charge in [0.25, 0.3) is 0 Å². The highest BCUT2D eigenvalue weighted by Crippen LogP contribution is 2.26. The fraction of sp³-hybridized carbons (Fsp3) is 0.353. The van der Waals surface area contributed by atoms with Gasteiger partial charge in [-0.25, -0.2) is 0 Å². The van der Waals surface area contributed by atoms with Crippen molar-refractivity contribution in [3.8, 4) is 0 Å². The lowest BCUT2D eigenvalue weighted by molar-refractivity contribution is 0.527. The summed E-state index contributed by atoms with van der Waals surface area (Å²) in [5.74, 6) is 0. The summed E-state index contributed by atoms with van der Waals surface area (Å²) in [6.45, 7) is 5.22. The van der Waals surface area contributed by atoms with Crippen LogP contribution in [0.2, 0.25) is 5.02 Å². The Kier molecular flexibility index (Phi) is 6.22. The molecule has 1 aromatic carbocycles. The van der Waals surface area contributed by atoms with Crippen LogP contribution >= 0.6 is 27.5 Å². The normalized spacial score (nSPS) is 12.4. The van der Waals surface area contributed by atoms with Gasteiger partial charge in [-0.1, -0.05) is 46.6 Å². The molecule has 0 amide bonds. The molecule has 1 N–H and O–H groups in total. The molecule has 0 saturated heterocycles. The average Bonchev–Trinajstić information content (AvgIpc) is 2.45. The molecule has 0 fully saturated rings. The molecule has 1 unspecified atom stereocenters. The third-order valence-corrected chi connectivity index (χ3v) is 4.22. The predicted octanol–water partition coefficient (Wildman–Crippen LogP) is 5.09. The van der Waals surface area contributed by atoms with Crippen LogP contribution in [0.5, 0.6) is 0 Å². The number of rotatable bonds is 6. The fourth-order valence-corrected chi connectivity index (χ4v) is 3.05. The zero-order valence-electron chi connectivity index (χ0n) is 12.4. The molecule has 1 atom stereocenters. The van der Waals surface area contributed by atoms with E-state index in [1.807, 2.05) is 24.5 Å². The second-order valence-electron chi connectivity index (χ2n) is 5.24. The van der Waals surface area contributed by atoms with Gasteiger partial charge in [0.05, 0.1) is 0 Å². The minimum atomic E-state index is 0.232. The Hall–Kier alpha value is -0.900. The Morgan fingerprint density at radius 2 is 2.10 bits per heavy atom. The highest BCUT2D eigenvalue weighted by molar-refractivity contribution is 9.10. The first kappa shape index (κ1) is 16.5. The van der Waals surface area contributed by atoms with Crippen LogP contribution in [0.1, 0.15) is 36.1 Å². The second-order valence-corrected chi connectivity index (χ2v) is 6.57. The first-order valence-electron chi connectivity index (χ1n) is 7.19. The molecule has 0 spiro atoms.